The summed E-state index contributed by atoms with van der Waals surface area (Å²) in [7, 11) is 7.84. The van der Waals surface area contributed by atoms with Crippen molar-refractivity contribution in [3.8, 4) is 17.2 Å². The number of methoxy groups -OCH3 is 3. The summed E-state index contributed by atoms with van der Waals surface area (Å²) in [5.41, 5.74) is 1.63. The molecule has 1 N–H and O–H groups in total. The van der Waals surface area contributed by atoms with Gasteiger partial charge in [0.05, 0.1) is 21.3 Å². The molecule has 152 valence electrons. The van der Waals surface area contributed by atoms with E-state index in [2.05, 4.69) is 13.8 Å². The van der Waals surface area contributed by atoms with Gasteiger partial charge in [-0.25, -0.2) is 4.79 Å². The number of hydrogen-bond acceptors (Lipinski definition) is 5. The molecule has 9 heteroatoms. The second-order valence-corrected chi connectivity index (χ2v) is 12.6. The van der Waals surface area contributed by atoms with Gasteiger partial charge in [-0.2, -0.15) is 0 Å². The maximum Gasteiger partial charge on any atom is 0.328 e. The fraction of sp³-hybridized carbons (Fsp3) is 0.526. The first-order valence-corrected chi connectivity index (χ1v) is 14.1. The van der Waals surface area contributed by atoms with Crippen LogP contribution < -0.4 is 14.2 Å². The number of carbonyl (C=O) groups is 1. The van der Waals surface area contributed by atoms with Gasteiger partial charge in [0.25, 0.3) is 0 Å². The Morgan fingerprint density at radius 3 is 2.29 bits per heavy atom. The van der Waals surface area contributed by atoms with Gasteiger partial charge in [0, 0.05) is 35.8 Å². The average Bonchev–Trinajstić information content (AvgIpc) is 2.71. The molecular weight excluding hydrogens is 408 g/mol. The van der Waals surface area contributed by atoms with E-state index < -0.39 is 5.97 Å². The Labute approximate surface area is 174 Å². The van der Waals surface area contributed by atoms with Crippen LogP contribution in [0.15, 0.2) is 12.1 Å². The molecule has 0 amide bonds. The molecule has 6 radical (unpaired) electrons. The lowest BCUT2D eigenvalue weighted by Gasteiger charge is -2.18. The molecule has 1 aromatic carbocycles. The highest BCUT2D eigenvalue weighted by Gasteiger charge is 2.19. The Bertz CT molecular complexity index is 634. The molecule has 1 fully saturated rings. The smallest absolute Gasteiger partial charge is 0.328 e. The quantitative estimate of drug-likeness (QED) is 0.499. The Morgan fingerprint density at radius 1 is 1.21 bits per heavy atom. The number of aryl methyl sites for hydroxylation is 1. The van der Waals surface area contributed by atoms with Crippen LogP contribution in [0.3, 0.4) is 0 Å². The van der Waals surface area contributed by atoms with Crippen molar-refractivity contribution in [1.82, 2.24) is 0 Å². The third kappa shape index (κ3) is 8.21. The van der Waals surface area contributed by atoms with Crippen molar-refractivity contribution in [2.45, 2.75) is 32.7 Å². The molecule has 0 spiro atoms. The van der Waals surface area contributed by atoms with Gasteiger partial charge >= 0.3 is 5.97 Å². The van der Waals surface area contributed by atoms with Gasteiger partial charge in [-0.1, -0.05) is 13.8 Å². The van der Waals surface area contributed by atoms with E-state index >= 15 is 0 Å². The second kappa shape index (κ2) is 13.6. The highest BCUT2D eigenvalue weighted by atomic mass is 29.5. The van der Waals surface area contributed by atoms with Crippen molar-refractivity contribution in [3.05, 3.63) is 23.3 Å². The monoisotopic (exact) mass is 436 g/mol. The topological polar surface area (TPSA) is 74.2 Å². The summed E-state index contributed by atoms with van der Waals surface area (Å²) in [4.78, 5) is 10.8. The van der Waals surface area contributed by atoms with Crippen LogP contribution in [-0.2, 0) is 15.6 Å². The first-order valence-electron chi connectivity index (χ1n) is 9.02. The van der Waals surface area contributed by atoms with Crippen LogP contribution in [0, 0.1) is 5.92 Å². The number of carboxylic acids is 1. The van der Waals surface area contributed by atoms with E-state index in [0.29, 0.717) is 28.7 Å². The van der Waals surface area contributed by atoms with E-state index in [1.54, 1.807) is 7.11 Å². The Kier molecular flexibility index (Phi) is 11.9. The maximum absolute atomic E-state index is 10.8. The molecule has 1 aliphatic heterocycles. The molecule has 1 aliphatic rings. The van der Waals surface area contributed by atoms with Crippen LogP contribution >= 0.6 is 0 Å². The van der Waals surface area contributed by atoms with Crippen molar-refractivity contribution in [3.63, 3.8) is 0 Å². The van der Waals surface area contributed by atoms with Crippen LogP contribution in [0.4, 0.5) is 0 Å². The molecule has 2 rings (SSSR count). The number of hydrogen-bond donors (Lipinski definition) is 1. The van der Waals surface area contributed by atoms with Crippen molar-refractivity contribution in [1.29, 1.82) is 0 Å². The molecule has 0 atom stereocenters. The normalized spacial score (nSPS) is 13.8. The summed E-state index contributed by atoms with van der Waals surface area (Å²) in [6.45, 7) is 5.33. The fourth-order valence-electron chi connectivity index (χ4n) is 2.52. The summed E-state index contributed by atoms with van der Waals surface area (Å²) in [5.74, 6) is 1.12. The Balaban J connectivity index is 0.000000552. The largest absolute Gasteiger partial charge is 0.492 e. The van der Waals surface area contributed by atoms with E-state index in [1.165, 1.54) is 35.4 Å². The first-order chi connectivity index (χ1) is 13.4. The van der Waals surface area contributed by atoms with Crippen LogP contribution in [0.2, 0.25) is 6.04 Å². The minimum Gasteiger partial charge on any atom is -0.492 e. The molecule has 0 saturated carbocycles. The zero-order valence-electron chi connectivity index (χ0n) is 17.1. The molecule has 0 aromatic heterocycles. The number of aliphatic carboxylic acids is 1. The molecule has 0 aliphatic carbocycles. The first kappa shape index (κ1) is 24.5. The third-order valence-electron chi connectivity index (χ3n) is 3.85. The minimum atomic E-state index is -1.01. The molecule has 1 heterocycles. The van der Waals surface area contributed by atoms with Crippen LogP contribution in [0.5, 0.6) is 17.2 Å². The van der Waals surface area contributed by atoms with Gasteiger partial charge in [-0.15, -0.1) is 0 Å². The fourth-order valence-corrected chi connectivity index (χ4v) is 7.25. The predicted molar refractivity (Wildman–Crippen MR) is 114 cm³/mol. The van der Waals surface area contributed by atoms with E-state index in [9.17, 15) is 4.79 Å². The van der Waals surface area contributed by atoms with Gasteiger partial charge < -0.3 is 23.7 Å². The lowest BCUT2D eigenvalue weighted by molar-refractivity contribution is -0.131. The molecule has 1 aromatic rings. The lowest BCUT2D eigenvalue weighted by Crippen LogP contribution is -2.23. The number of carboxylic acid groups (broad SMARTS) is 1. The van der Waals surface area contributed by atoms with Crippen molar-refractivity contribution >= 4 is 38.9 Å². The minimum absolute atomic E-state index is 0.463. The van der Waals surface area contributed by atoms with E-state index in [1.807, 2.05) is 6.07 Å². The van der Waals surface area contributed by atoms with Crippen molar-refractivity contribution < 1.29 is 28.5 Å². The molecule has 28 heavy (non-hydrogen) atoms. The highest BCUT2D eigenvalue weighted by Crippen LogP contribution is 2.43. The van der Waals surface area contributed by atoms with Gasteiger partial charge in [0.1, 0.15) is 0 Å². The summed E-state index contributed by atoms with van der Waals surface area (Å²) in [5, 5.41) is 8.83. The standard InChI is InChI=1S/C17H24O5.C2H4OSi3/c1-11(2)6-7-12-10-13(8-9-14(18)19)16(21-4)17(22-5)15(12)20-3;1-2-4-6-5-3-1/h8-11H,6-7H2,1-5H3,(H,18,19);1-2H2. The van der Waals surface area contributed by atoms with Crippen LogP contribution in [0.25, 0.3) is 6.08 Å². The predicted octanol–water partition coefficient (Wildman–Crippen LogP) is 2.69. The Hall–Kier alpha value is -1.56. The second-order valence-electron chi connectivity index (χ2n) is 6.33. The zero-order valence-corrected chi connectivity index (χ0v) is 20.1. The number of benzene rings is 1. The number of ether oxygens (including phenoxy) is 3. The molecule has 0 unspecified atom stereocenters. The van der Waals surface area contributed by atoms with Crippen LogP contribution in [0.1, 0.15) is 31.4 Å². The molecule has 0 bridgehead atoms. The zero-order chi connectivity index (χ0) is 20.9. The SMILES string of the molecule is C1C[Si][Si][Si]O1.COc1c(C=CC(=O)O)cc(CCC(C)C)c(OC)c1OC. The highest BCUT2D eigenvalue weighted by molar-refractivity contribution is 7.28. The van der Waals surface area contributed by atoms with Gasteiger partial charge in [-0.3, -0.25) is 0 Å². The maximum atomic E-state index is 10.8. The molecular formula is C19H28O6Si3. The van der Waals surface area contributed by atoms with Gasteiger partial charge in [0.15, 0.2) is 11.5 Å². The molecule has 6 nitrogen and oxygen atoms in total. The van der Waals surface area contributed by atoms with Crippen molar-refractivity contribution in [2.75, 3.05) is 27.9 Å². The molecule has 1 saturated heterocycles. The summed E-state index contributed by atoms with van der Waals surface area (Å²) < 4.78 is 21.4. The summed E-state index contributed by atoms with van der Waals surface area (Å²) >= 11 is 0. The Morgan fingerprint density at radius 2 is 1.89 bits per heavy atom. The average molecular weight is 437 g/mol. The van der Waals surface area contributed by atoms with E-state index in [0.717, 1.165) is 48.9 Å². The lowest BCUT2D eigenvalue weighted by atomic mass is 9.98. The van der Waals surface area contributed by atoms with Crippen LogP contribution in [-0.4, -0.2) is 65.9 Å². The van der Waals surface area contributed by atoms with Gasteiger partial charge in [-0.05, 0) is 42.5 Å². The third-order valence-corrected chi connectivity index (χ3v) is 9.46. The van der Waals surface area contributed by atoms with Crippen molar-refractivity contribution in [2.24, 2.45) is 5.92 Å². The number of rotatable bonds is 8. The summed E-state index contributed by atoms with van der Waals surface area (Å²) in [6, 6.07) is 3.22. The van der Waals surface area contributed by atoms with Gasteiger partial charge in [0.2, 0.25) is 15.0 Å². The van der Waals surface area contributed by atoms with E-state index in [4.69, 9.17) is 23.7 Å². The van der Waals surface area contributed by atoms with E-state index in [-0.39, 0.29) is 0 Å². The summed E-state index contributed by atoms with van der Waals surface area (Å²) in [6.07, 6.45) is 4.39.